The average molecular weight is 293 g/mol. The van der Waals surface area contributed by atoms with E-state index in [2.05, 4.69) is 10.9 Å². The fraction of sp³-hybridized carbons (Fsp3) is 0.118. The van der Waals surface area contributed by atoms with Crippen LogP contribution in [-0.2, 0) is 6.42 Å². The highest BCUT2D eigenvalue weighted by molar-refractivity contribution is 5.99. The molecule has 5 nitrogen and oxygen atoms in total. The largest absolute Gasteiger partial charge is 0.269 e. The Kier molecular flexibility index (Phi) is 4.89. The zero-order valence-corrected chi connectivity index (χ0v) is 12.1. The van der Waals surface area contributed by atoms with Crippen molar-refractivity contribution >= 4 is 11.8 Å². The van der Waals surface area contributed by atoms with E-state index in [1.54, 1.807) is 30.3 Å². The van der Waals surface area contributed by atoms with Crippen LogP contribution < -0.4 is 10.9 Å². The zero-order valence-electron chi connectivity index (χ0n) is 12.1. The average Bonchev–Trinajstić information content (AvgIpc) is 2.59. The Balaban J connectivity index is 1.97. The third-order valence-electron chi connectivity index (χ3n) is 3.17. The molecule has 0 saturated carbocycles. The molecule has 2 rings (SSSR count). The van der Waals surface area contributed by atoms with Crippen LogP contribution in [0.1, 0.15) is 38.8 Å². The predicted molar refractivity (Wildman–Crippen MR) is 81.9 cm³/mol. The van der Waals surface area contributed by atoms with Crippen molar-refractivity contribution in [1.82, 2.24) is 10.9 Å². The van der Waals surface area contributed by atoms with E-state index in [0.717, 1.165) is 12.0 Å². The number of hydrazine groups is 1. The van der Waals surface area contributed by atoms with Gasteiger partial charge in [-0.15, -0.1) is 0 Å². The van der Waals surface area contributed by atoms with Crippen LogP contribution in [-0.4, -0.2) is 11.8 Å². The molecule has 0 atom stereocenters. The number of hydrogen-bond acceptors (Lipinski definition) is 3. The van der Waals surface area contributed by atoms with Crippen molar-refractivity contribution in [3.63, 3.8) is 0 Å². The topological polar surface area (TPSA) is 82.0 Å². The van der Waals surface area contributed by atoms with Crippen molar-refractivity contribution in [3.8, 4) is 6.07 Å². The van der Waals surface area contributed by atoms with Gasteiger partial charge in [0.25, 0.3) is 11.8 Å². The number of nitrogens with zero attached hydrogens (tertiary/aromatic N) is 1. The van der Waals surface area contributed by atoms with E-state index in [9.17, 15) is 9.59 Å². The lowest BCUT2D eigenvalue weighted by Crippen LogP contribution is -2.41. The molecule has 0 heterocycles. The van der Waals surface area contributed by atoms with Gasteiger partial charge in [0.05, 0.1) is 11.6 Å². The van der Waals surface area contributed by atoms with Crippen LogP contribution in [0.4, 0.5) is 0 Å². The first-order valence-electron chi connectivity index (χ1n) is 6.84. The first-order chi connectivity index (χ1) is 10.6. The lowest BCUT2D eigenvalue weighted by molar-refractivity contribution is 0.0846. The third-order valence-corrected chi connectivity index (χ3v) is 3.17. The molecular weight excluding hydrogens is 278 g/mol. The van der Waals surface area contributed by atoms with E-state index in [1.165, 1.54) is 6.07 Å². The van der Waals surface area contributed by atoms with Gasteiger partial charge < -0.3 is 0 Å². The summed E-state index contributed by atoms with van der Waals surface area (Å²) in [4.78, 5) is 23.8. The van der Waals surface area contributed by atoms with Gasteiger partial charge in [0, 0.05) is 11.1 Å². The molecular formula is C17H15N3O2. The fourth-order valence-electron chi connectivity index (χ4n) is 1.88. The second-order valence-corrected chi connectivity index (χ2v) is 4.65. The second-order valence-electron chi connectivity index (χ2n) is 4.65. The number of carbonyl (C=O) groups excluding carboxylic acids is 2. The van der Waals surface area contributed by atoms with Gasteiger partial charge in [-0.05, 0) is 42.3 Å². The summed E-state index contributed by atoms with van der Waals surface area (Å²) in [7, 11) is 0. The molecule has 0 unspecified atom stereocenters. The number of rotatable bonds is 3. The summed E-state index contributed by atoms with van der Waals surface area (Å²) in [6.07, 6.45) is 0.897. The first kappa shape index (κ1) is 15.3. The Morgan fingerprint density at radius 2 is 1.64 bits per heavy atom. The van der Waals surface area contributed by atoms with Gasteiger partial charge in [-0.25, -0.2) is 0 Å². The van der Waals surface area contributed by atoms with E-state index < -0.39 is 11.8 Å². The minimum atomic E-state index is -0.476. The number of amides is 2. The van der Waals surface area contributed by atoms with Crippen molar-refractivity contribution in [3.05, 3.63) is 70.8 Å². The Morgan fingerprint density at radius 3 is 2.23 bits per heavy atom. The van der Waals surface area contributed by atoms with Gasteiger partial charge in [-0.1, -0.05) is 25.1 Å². The van der Waals surface area contributed by atoms with Crippen molar-refractivity contribution in [2.45, 2.75) is 13.3 Å². The van der Waals surface area contributed by atoms with Crippen molar-refractivity contribution in [2.75, 3.05) is 0 Å². The van der Waals surface area contributed by atoms with Gasteiger partial charge in [-0.2, -0.15) is 5.26 Å². The Labute approximate surface area is 128 Å². The third kappa shape index (κ3) is 3.70. The molecule has 5 heteroatoms. The summed E-state index contributed by atoms with van der Waals surface area (Å²) >= 11 is 0. The molecule has 0 aromatic heterocycles. The number of benzene rings is 2. The summed E-state index contributed by atoms with van der Waals surface area (Å²) in [6, 6.07) is 15.3. The minimum Gasteiger partial charge on any atom is -0.267 e. The highest BCUT2D eigenvalue weighted by Crippen LogP contribution is 2.05. The van der Waals surface area contributed by atoms with Crippen molar-refractivity contribution in [2.24, 2.45) is 0 Å². The number of carbonyl (C=O) groups is 2. The molecule has 0 saturated heterocycles. The van der Waals surface area contributed by atoms with E-state index in [1.807, 2.05) is 25.1 Å². The van der Waals surface area contributed by atoms with Crippen LogP contribution in [0.2, 0.25) is 0 Å². The van der Waals surface area contributed by atoms with Crippen LogP contribution in [0, 0.1) is 11.3 Å². The van der Waals surface area contributed by atoms with E-state index in [-0.39, 0.29) is 0 Å². The van der Waals surface area contributed by atoms with Crippen LogP contribution in [0.5, 0.6) is 0 Å². The zero-order chi connectivity index (χ0) is 15.9. The maximum absolute atomic E-state index is 11.9. The van der Waals surface area contributed by atoms with Gasteiger partial charge in [0.1, 0.15) is 0 Å². The summed E-state index contributed by atoms with van der Waals surface area (Å²) in [5, 5.41) is 8.80. The standard InChI is InChI=1S/C17H15N3O2/c1-2-12-6-8-14(9-7-12)16(21)19-20-17(22)15-5-3-4-13(10-15)11-18/h3-10H,2H2,1H3,(H,19,21)(H,20,22). The lowest BCUT2D eigenvalue weighted by Gasteiger charge is -2.08. The maximum atomic E-state index is 11.9. The molecule has 0 aliphatic carbocycles. The number of aryl methyl sites for hydroxylation is 1. The summed E-state index contributed by atoms with van der Waals surface area (Å²) in [5.74, 6) is -0.872. The van der Waals surface area contributed by atoms with Crippen LogP contribution >= 0.6 is 0 Å². The molecule has 0 fully saturated rings. The Hall–Kier alpha value is -3.13. The molecule has 22 heavy (non-hydrogen) atoms. The molecule has 0 spiro atoms. The molecule has 0 radical (unpaired) electrons. The molecule has 2 aromatic carbocycles. The SMILES string of the molecule is CCc1ccc(C(=O)NNC(=O)c2cccc(C#N)c2)cc1. The van der Waals surface area contributed by atoms with Crippen LogP contribution in [0.15, 0.2) is 48.5 Å². The molecule has 2 N–H and O–H groups in total. The molecule has 2 amide bonds. The van der Waals surface area contributed by atoms with Gasteiger partial charge in [-0.3, -0.25) is 20.4 Å². The maximum Gasteiger partial charge on any atom is 0.269 e. The number of hydrogen-bond donors (Lipinski definition) is 2. The van der Waals surface area contributed by atoms with Crippen molar-refractivity contribution in [1.29, 1.82) is 5.26 Å². The molecule has 0 bridgehead atoms. The van der Waals surface area contributed by atoms with E-state index in [0.29, 0.717) is 16.7 Å². The number of nitrogens with one attached hydrogen (secondary N) is 2. The highest BCUT2D eigenvalue weighted by Gasteiger charge is 2.09. The number of nitriles is 1. The fourth-order valence-corrected chi connectivity index (χ4v) is 1.88. The van der Waals surface area contributed by atoms with Crippen LogP contribution in [0.3, 0.4) is 0 Å². The second kappa shape index (κ2) is 7.04. The monoisotopic (exact) mass is 293 g/mol. The molecule has 2 aromatic rings. The van der Waals surface area contributed by atoms with Crippen molar-refractivity contribution < 1.29 is 9.59 Å². The summed E-state index contributed by atoms with van der Waals surface area (Å²) < 4.78 is 0. The normalized spacial score (nSPS) is 9.64. The molecule has 0 aliphatic rings. The summed E-state index contributed by atoms with van der Waals surface area (Å²) in [6.45, 7) is 2.03. The quantitative estimate of drug-likeness (QED) is 0.851. The van der Waals surface area contributed by atoms with E-state index in [4.69, 9.17) is 5.26 Å². The van der Waals surface area contributed by atoms with Gasteiger partial charge >= 0.3 is 0 Å². The van der Waals surface area contributed by atoms with E-state index >= 15 is 0 Å². The molecule has 110 valence electrons. The first-order valence-corrected chi connectivity index (χ1v) is 6.84. The Morgan fingerprint density at radius 1 is 1.00 bits per heavy atom. The smallest absolute Gasteiger partial charge is 0.267 e. The Bertz CT molecular complexity index is 730. The molecule has 0 aliphatic heterocycles. The predicted octanol–water partition coefficient (Wildman–Crippen LogP) is 2.20. The minimum absolute atomic E-state index is 0.306. The van der Waals surface area contributed by atoms with Gasteiger partial charge in [0.15, 0.2) is 0 Å². The summed E-state index contributed by atoms with van der Waals surface area (Å²) in [5.41, 5.74) is 6.96. The highest BCUT2D eigenvalue weighted by atomic mass is 16.2. The van der Waals surface area contributed by atoms with Gasteiger partial charge in [0.2, 0.25) is 0 Å². The van der Waals surface area contributed by atoms with Crippen LogP contribution in [0.25, 0.3) is 0 Å². The lowest BCUT2D eigenvalue weighted by atomic mass is 10.1.